The third-order valence-corrected chi connectivity index (χ3v) is 2.71. The highest BCUT2D eigenvalue weighted by Crippen LogP contribution is 2.17. The number of benzene rings is 1. The predicted molar refractivity (Wildman–Crippen MR) is 82.3 cm³/mol. The molecule has 2 rings (SSSR count). The molecule has 4 N–H and O–H groups in total. The van der Waals surface area contributed by atoms with Crippen LogP contribution in [0.5, 0.6) is 0 Å². The number of aromatic nitrogens is 1. The molecular weight excluding hydrogens is 252 g/mol. The van der Waals surface area contributed by atoms with Gasteiger partial charge in [0.05, 0.1) is 11.4 Å². The third-order valence-electron chi connectivity index (χ3n) is 2.71. The van der Waals surface area contributed by atoms with Crippen molar-refractivity contribution in [1.82, 2.24) is 4.98 Å². The minimum atomic E-state index is -0.242. The Morgan fingerprint density at radius 1 is 1.25 bits per heavy atom. The lowest BCUT2D eigenvalue weighted by atomic mass is 10.2. The number of anilines is 3. The van der Waals surface area contributed by atoms with Gasteiger partial charge in [0.15, 0.2) is 0 Å². The summed E-state index contributed by atoms with van der Waals surface area (Å²) < 4.78 is 0. The van der Waals surface area contributed by atoms with Gasteiger partial charge in [-0.3, -0.25) is 4.79 Å². The Balaban J connectivity index is 2.08. The highest BCUT2D eigenvalue weighted by molar-refractivity contribution is 6.03. The predicted octanol–water partition coefficient (Wildman–Crippen LogP) is 2.36. The lowest BCUT2D eigenvalue weighted by molar-refractivity contribution is -0.111. The fourth-order valence-corrected chi connectivity index (χ4v) is 1.71. The van der Waals surface area contributed by atoms with Crippen molar-refractivity contribution in [2.75, 3.05) is 23.4 Å². The normalized spacial score (nSPS) is 10.4. The van der Waals surface area contributed by atoms with Gasteiger partial charge >= 0.3 is 0 Å². The van der Waals surface area contributed by atoms with Crippen LogP contribution >= 0.6 is 0 Å². The van der Waals surface area contributed by atoms with Gasteiger partial charge in [0, 0.05) is 24.9 Å². The zero-order valence-corrected chi connectivity index (χ0v) is 11.1. The summed E-state index contributed by atoms with van der Waals surface area (Å²) in [7, 11) is 1.78. The van der Waals surface area contributed by atoms with Crippen LogP contribution < -0.4 is 16.4 Å². The smallest absolute Gasteiger partial charge is 0.248 e. The molecule has 5 nitrogen and oxygen atoms in total. The Morgan fingerprint density at radius 3 is 2.80 bits per heavy atom. The monoisotopic (exact) mass is 268 g/mol. The average Bonchev–Trinajstić information content (AvgIpc) is 2.48. The van der Waals surface area contributed by atoms with Crippen molar-refractivity contribution in [1.29, 1.82) is 0 Å². The number of pyridine rings is 1. The number of carbonyl (C=O) groups is 1. The molecular formula is C15H16N4O. The summed E-state index contributed by atoms with van der Waals surface area (Å²) in [4.78, 5) is 16.0. The molecule has 0 saturated heterocycles. The van der Waals surface area contributed by atoms with Gasteiger partial charge in [-0.1, -0.05) is 12.1 Å². The fourth-order valence-electron chi connectivity index (χ4n) is 1.71. The first-order chi connectivity index (χ1) is 9.70. The SMILES string of the molecule is CNc1ncccc1/C=C/C(=O)Nc1ccccc1N. The van der Waals surface area contributed by atoms with Crippen molar-refractivity contribution in [2.24, 2.45) is 0 Å². The van der Waals surface area contributed by atoms with Gasteiger partial charge in [-0.2, -0.15) is 0 Å². The van der Waals surface area contributed by atoms with Crippen molar-refractivity contribution in [3.8, 4) is 0 Å². The first-order valence-corrected chi connectivity index (χ1v) is 6.17. The highest BCUT2D eigenvalue weighted by Gasteiger charge is 2.02. The van der Waals surface area contributed by atoms with Gasteiger partial charge in [-0.05, 0) is 30.3 Å². The van der Waals surface area contributed by atoms with E-state index in [9.17, 15) is 4.79 Å². The molecule has 102 valence electrons. The van der Waals surface area contributed by atoms with Gasteiger partial charge in [-0.25, -0.2) is 4.98 Å². The van der Waals surface area contributed by atoms with E-state index in [4.69, 9.17) is 5.73 Å². The Bertz CT molecular complexity index is 637. The van der Waals surface area contributed by atoms with Crippen LogP contribution in [0, 0.1) is 0 Å². The van der Waals surface area contributed by atoms with E-state index < -0.39 is 0 Å². The van der Waals surface area contributed by atoms with E-state index in [1.807, 2.05) is 24.3 Å². The molecule has 0 radical (unpaired) electrons. The van der Waals surface area contributed by atoms with Crippen LogP contribution in [0.4, 0.5) is 17.2 Å². The molecule has 0 saturated carbocycles. The average molecular weight is 268 g/mol. The molecule has 0 aliphatic rings. The number of nitrogens with zero attached hydrogens (tertiary/aromatic N) is 1. The number of amides is 1. The largest absolute Gasteiger partial charge is 0.397 e. The molecule has 0 unspecified atom stereocenters. The number of rotatable bonds is 4. The minimum Gasteiger partial charge on any atom is -0.397 e. The molecule has 0 fully saturated rings. The van der Waals surface area contributed by atoms with E-state index in [1.54, 1.807) is 31.5 Å². The molecule has 5 heteroatoms. The number of nitrogen functional groups attached to an aromatic ring is 1. The van der Waals surface area contributed by atoms with E-state index >= 15 is 0 Å². The van der Waals surface area contributed by atoms with Gasteiger partial charge in [0.1, 0.15) is 5.82 Å². The maximum atomic E-state index is 11.8. The van der Waals surface area contributed by atoms with Crippen LogP contribution in [0.15, 0.2) is 48.7 Å². The number of nitrogens with one attached hydrogen (secondary N) is 2. The number of para-hydroxylation sites is 2. The molecule has 1 aromatic heterocycles. The second-order valence-corrected chi connectivity index (χ2v) is 4.10. The van der Waals surface area contributed by atoms with E-state index in [0.717, 1.165) is 11.4 Å². The highest BCUT2D eigenvalue weighted by atomic mass is 16.1. The van der Waals surface area contributed by atoms with Crippen LogP contribution in [-0.2, 0) is 4.79 Å². The maximum absolute atomic E-state index is 11.8. The summed E-state index contributed by atoms with van der Waals surface area (Å²) in [6.07, 6.45) is 4.84. The van der Waals surface area contributed by atoms with E-state index in [-0.39, 0.29) is 5.91 Å². The second kappa shape index (κ2) is 6.38. The van der Waals surface area contributed by atoms with Crippen LogP contribution in [0.25, 0.3) is 6.08 Å². The Labute approximate surface area is 117 Å². The quantitative estimate of drug-likeness (QED) is 0.587. The summed E-state index contributed by atoms with van der Waals surface area (Å²) in [6.45, 7) is 0. The van der Waals surface area contributed by atoms with E-state index in [1.165, 1.54) is 6.08 Å². The van der Waals surface area contributed by atoms with E-state index in [2.05, 4.69) is 15.6 Å². The zero-order valence-electron chi connectivity index (χ0n) is 11.1. The van der Waals surface area contributed by atoms with Crippen LogP contribution in [0.3, 0.4) is 0 Å². The van der Waals surface area contributed by atoms with Crippen molar-refractivity contribution in [3.05, 3.63) is 54.2 Å². The fraction of sp³-hybridized carbons (Fsp3) is 0.0667. The van der Waals surface area contributed by atoms with Crippen LogP contribution in [-0.4, -0.2) is 17.9 Å². The van der Waals surface area contributed by atoms with E-state index in [0.29, 0.717) is 11.4 Å². The molecule has 0 spiro atoms. The zero-order chi connectivity index (χ0) is 14.4. The summed E-state index contributed by atoms with van der Waals surface area (Å²) in [5.74, 6) is 0.476. The standard InChI is InChI=1S/C15H16N4O/c1-17-15-11(5-4-10-18-15)8-9-14(20)19-13-7-3-2-6-12(13)16/h2-10H,16H2,1H3,(H,17,18)(H,19,20)/b9-8+. The third kappa shape index (κ3) is 3.35. The summed E-state index contributed by atoms with van der Waals surface area (Å²) in [5.41, 5.74) is 7.74. The van der Waals surface area contributed by atoms with Crippen LogP contribution in [0.1, 0.15) is 5.56 Å². The molecule has 0 aliphatic carbocycles. The topological polar surface area (TPSA) is 80.0 Å². The lowest BCUT2D eigenvalue weighted by Gasteiger charge is -2.05. The summed E-state index contributed by atoms with van der Waals surface area (Å²) in [5, 5.41) is 5.69. The Morgan fingerprint density at radius 2 is 2.05 bits per heavy atom. The molecule has 1 aromatic carbocycles. The Kier molecular flexibility index (Phi) is 4.34. The number of hydrogen-bond donors (Lipinski definition) is 3. The van der Waals surface area contributed by atoms with Crippen molar-refractivity contribution < 1.29 is 4.79 Å². The molecule has 0 atom stereocenters. The van der Waals surface area contributed by atoms with Gasteiger partial charge in [-0.15, -0.1) is 0 Å². The number of carbonyl (C=O) groups excluding carboxylic acids is 1. The molecule has 1 heterocycles. The first-order valence-electron chi connectivity index (χ1n) is 6.17. The first kappa shape index (κ1) is 13.6. The number of nitrogens with two attached hydrogens (primary N) is 1. The van der Waals surface area contributed by atoms with Gasteiger partial charge in [0.25, 0.3) is 0 Å². The molecule has 2 aromatic rings. The molecule has 1 amide bonds. The lowest BCUT2D eigenvalue weighted by Crippen LogP contribution is -2.09. The minimum absolute atomic E-state index is 0.242. The molecule has 0 bridgehead atoms. The Hall–Kier alpha value is -2.82. The van der Waals surface area contributed by atoms with Crippen molar-refractivity contribution >= 4 is 29.2 Å². The van der Waals surface area contributed by atoms with Gasteiger partial charge in [0.2, 0.25) is 5.91 Å². The molecule has 0 aliphatic heterocycles. The van der Waals surface area contributed by atoms with Crippen molar-refractivity contribution in [2.45, 2.75) is 0 Å². The van der Waals surface area contributed by atoms with Gasteiger partial charge < -0.3 is 16.4 Å². The molecule has 20 heavy (non-hydrogen) atoms. The number of hydrogen-bond acceptors (Lipinski definition) is 4. The summed E-state index contributed by atoms with van der Waals surface area (Å²) in [6, 6.07) is 10.8. The summed E-state index contributed by atoms with van der Waals surface area (Å²) >= 11 is 0. The van der Waals surface area contributed by atoms with Crippen molar-refractivity contribution in [3.63, 3.8) is 0 Å². The second-order valence-electron chi connectivity index (χ2n) is 4.10. The van der Waals surface area contributed by atoms with Crippen LogP contribution in [0.2, 0.25) is 0 Å². The maximum Gasteiger partial charge on any atom is 0.248 e.